The van der Waals surface area contributed by atoms with E-state index in [9.17, 15) is 9.59 Å². The van der Waals surface area contributed by atoms with Gasteiger partial charge >= 0.3 is 11.8 Å². The van der Waals surface area contributed by atoms with Gasteiger partial charge in [0.15, 0.2) is 0 Å². The summed E-state index contributed by atoms with van der Waals surface area (Å²) >= 11 is 0. The van der Waals surface area contributed by atoms with Gasteiger partial charge < -0.3 is 15.1 Å². The van der Waals surface area contributed by atoms with Crippen molar-refractivity contribution in [2.45, 2.75) is 13.0 Å². The second-order valence-electron chi connectivity index (χ2n) is 3.67. The molecular formula is C9H17N3O2. The monoisotopic (exact) mass is 199 g/mol. The molecule has 0 radical (unpaired) electrons. The molecule has 1 atom stereocenters. The SMILES string of the molecule is CNC(C)CN1CCN(C)C(=O)C1=O. The van der Waals surface area contributed by atoms with Gasteiger partial charge in [-0.05, 0) is 14.0 Å². The lowest BCUT2D eigenvalue weighted by molar-refractivity contribution is -0.155. The zero-order valence-electron chi connectivity index (χ0n) is 8.91. The summed E-state index contributed by atoms with van der Waals surface area (Å²) in [6, 6.07) is 0.218. The van der Waals surface area contributed by atoms with Crippen molar-refractivity contribution >= 4 is 11.8 Å². The Kier molecular flexibility index (Phi) is 3.46. The molecule has 0 aromatic rings. The highest BCUT2D eigenvalue weighted by Gasteiger charge is 2.30. The van der Waals surface area contributed by atoms with Crippen molar-refractivity contribution in [2.24, 2.45) is 0 Å². The number of carbonyl (C=O) groups excluding carboxylic acids is 2. The minimum absolute atomic E-state index is 0.218. The van der Waals surface area contributed by atoms with Crippen molar-refractivity contribution in [1.29, 1.82) is 0 Å². The predicted octanol–water partition coefficient (Wildman–Crippen LogP) is -1.11. The normalized spacial score (nSPS) is 20.2. The summed E-state index contributed by atoms with van der Waals surface area (Å²) in [5.74, 6) is -0.791. The second-order valence-corrected chi connectivity index (χ2v) is 3.67. The number of nitrogens with one attached hydrogen (secondary N) is 1. The molecule has 1 heterocycles. The molecule has 1 aliphatic heterocycles. The maximum absolute atomic E-state index is 11.5. The highest BCUT2D eigenvalue weighted by Crippen LogP contribution is 2.03. The third kappa shape index (κ3) is 2.23. The Labute approximate surface area is 84.0 Å². The first kappa shape index (κ1) is 11.0. The number of rotatable bonds is 3. The van der Waals surface area contributed by atoms with E-state index in [1.54, 1.807) is 11.9 Å². The van der Waals surface area contributed by atoms with Crippen molar-refractivity contribution in [2.75, 3.05) is 33.7 Å². The molecule has 14 heavy (non-hydrogen) atoms. The van der Waals surface area contributed by atoms with Gasteiger partial charge in [-0.1, -0.05) is 0 Å². The van der Waals surface area contributed by atoms with Crippen LogP contribution in [0, 0.1) is 0 Å². The molecule has 0 saturated carbocycles. The average Bonchev–Trinajstić information content (AvgIpc) is 2.19. The standard InChI is InChI=1S/C9H17N3O2/c1-7(10-2)6-12-5-4-11(3)8(13)9(12)14/h7,10H,4-6H2,1-3H3. The number of hydrogen-bond donors (Lipinski definition) is 1. The summed E-state index contributed by atoms with van der Waals surface area (Å²) in [5, 5.41) is 3.04. The summed E-state index contributed by atoms with van der Waals surface area (Å²) < 4.78 is 0. The lowest BCUT2D eigenvalue weighted by Gasteiger charge is -2.32. The minimum Gasteiger partial charge on any atom is -0.336 e. The molecular weight excluding hydrogens is 182 g/mol. The van der Waals surface area contributed by atoms with E-state index < -0.39 is 5.91 Å². The quantitative estimate of drug-likeness (QED) is 0.587. The van der Waals surface area contributed by atoms with Gasteiger partial charge in [-0.2, -0.15) is 0 Å². The van der Waals surface area contributed by atoms with Gasteiger partial charge in [-0.25, -0.2) is 0 Å². The van der Waals surface area contributed by atoms with Crippen molar-refractivity contribution < 1.29 is 9.59 Å². The van der Waals surface area contributed by atoms with E-state index in [2.05, 4.69) is 5.32 Å². The lowest BCUT2D eigenvalue weighted by atomic mass is 10.2. The summed E-state index contributed by atoms with van der Waals surface area (Å²) in [4.78, 5) is 25.9. The van der Waals surface area contributed by atoms with Crippen molar-refractivity contribution in [3.05, 3.63) is 0 Å². The first-order chi connectivity index (χ1) is 6.56. The van der Waals surface area contributed by atoms with Crippen LogP contribution in [-0.4, -0.2) is 61.4 Å². The molecule has 1 aliphatic rings. The van der Waals surface area contributed by atoms with Crippen LogP contribution in [0.5, 0.6) is 0 Å². The zero-order valence-corrected chi connectivity index (χ0v) is 8.91. The fourth-order valence-electron chi connectivity index (χ4n) is 1.37. The van der Waals surface area contributed by atoms with E-state index in [0.29, 0.717) is 19.6 Å². The van der Waals surface area contributed by atoms with Crippen LogP contribution in [0.2, 0.25) is 0 Å². The van der Waals surface area contributed by atoms with Crippen LogP contribution >= 0.6 is 0 Å². The van der Waals surface area contributed by atoms with Crippen LogP contribution in [0.1, 0.15) is 6.92 Å². The summed E-state index contributed by atoms with van der Waals surface area (Å²) in [5.41, 5.74) is 0. The average molecular weight is 199 g/mol. The van der Waals surface area contributed by atoms with Crippen LogP contribution in [0.25, 0.3) is 0 Å². The van der Waals surface area contributed by atoms with Gasteiger partial charge in [0.2, 0.25) is 0 Å². The Bertz CT molecular complexity index is 242. The molecule has 5 heteroatoms. The van der Waals surface area contributed by atoms with E-state index in [1.807, 2.05) is 14.0 Å². The van der Waals surface area contributed by atoms with E-state index in [1.165, 1.54) is 4.90 Å². The Hall–Kier alpha value is -1.10. The van der Waals surface area contributed by atoms with Gasteiger partial charge in [-0.3, -0.25) is 9.59 Å². The molecule has 1 N–H and O–H groups in total. The number of carbonyl (C=O) groups is 2. The largest absolute Gasteiger partial charge is 0.336 e. The van der Waals surface area contributed by atoms with E-state index >= 15 is 0 Å². The van der Waals surface area contributed by atoms with E-state index in [-0.39, 0.29) is 11.9 Å². The topological polar surface area (TPSA) is 52.6 Å². The Morgan fingerprint density at radius 3 is 2.57 bits per heavy atom. The van der Waals surface area contributed by atoms with Gasteiger partial charge in [-0.15, -0.1) is 0 Å². The maximum atomic E-state index is 11.5. The highest BCUT2D eigenvalue weighted by atomic mass is 16.2. The molecule has 0 aromatic heterocycles. The summed E-state index contributed by atoms with van der Waals surface area (Å²) in [7, 11) is 3.49. The molecule has 0 aromatic carbocycles. The number of hydrogen-bond acceptors (Lipinski definition) is 3. The van der Waals surface area contributed by atoms with Crippen LogP contribution < -0.4 is 5.32 Å². The Morgan fingerprint density at radius 1 is 1.36 bits per heavy atom. The van der Waals surface area contributed by atoms with Crippen LogP contribution in [0.15, 0.2) is 0 Å². The van der Waals surface area contributed by atoms with Gasteiger partial charge in [0.05, 0.1) is 0 Å². The Balaban J connectivity index is 2.55. The summed E-state index contributed by atoms with van der Waals surface area (Å²) in [6.07, 6.45) is 0. The van der Waals surface area contributed by atoms with Crippen molar-refractivity contribution in [3.63, 3.8) is 0 Å². The third-order valence-corrected chi connectivity index (χ3v) is 2.51. The molecule has 1 rings (SSSR count). The maximum Gasteiger partial charge on any atom is 0.312 e. The molecule has 5 nitrogen and oxygen atoms in total. The fraction of sp³-hybridized carbons (Fsp3) is 0.778. The van der Waals surface area contributed by atoms with Crippen molar-refractivity contribution in [1.82, 2.24) is 15.1 Å². The smallest absolute Gasteiger partial charge is 0.312 e. The van der Waals surface area contributed by atoms with Gasteiger partial charge in [0.1, 0.15) is 0 Å². The number of nitrogens with zero attached hydrogens (tertiary/aromatic N) is 2. The number of likely N-dealkylation sites (N-methyl/N-ethyl adjacent to an activating group) is 2. The van der Waals surface area contributed by atoms with Crippen molar-refractivity contribution in [3.8, 4) is 0 Å². The minimum atomic E-state index is -0.403. The van der Waals surface area contributed by atoms with Gasteiger partial charge in [0, 0.05) is 32.7 Å². The van der Waals surface area contributed by atoms with Gasteiger partial charge in [0.25, 0.3) is 0 Å². The molecule has 1 unspecified atom stereocenters. The molecule has 80 valence electrons. The summed E-state index contributed by atoms with van der Waals surface area (Å²) in [6.45, 7) is 3.83. The molecule has 1 saturated heterocycles. The lowest BCUT2D eigenvalue weighted by Crippen LogP contribution is -2.55. The fourth-order valence-corrected chi connectivity index (χ4v) is 1.37. The predicted molar refractivity (Wildman–Crippen MR) is 52.7 cm³/mol. The van der Waals surface area contributed by atoms with Crippen LogP contribution in [0.4, 0.5) is 0 Å². The molecule has 0 aliphatic carbocycles. The molecule has 0 bridgehead atoms. The highest BCUT2D eigenvalue weighted by molar-refractivity contribution is 6.35. The number of amides is 2. The Morgan fingerprint density at radius 2 is 2.00 bits per heavy atom. The first-order valence-corrected chi connectivity index (χ1v) is 4.78. The van der Waals surface area contributed by atoms with E-state index in [4.69, 9.17) is 0 Å². The third-order valence-electron chi connectivity index (χ3n) is 2.51. The molecule has 1 fully saturated rings. The molecule has 0 spiro atoms. The molecule has 2 amide bonds. The van der Waals surface area contributed by atoms with Crippen LogP contribution in [0.3, 0.4) is 0 Å². The van der Waals surface area contributed by atoms with Crippen LogP contribution in [-0.2, 0) is 9.59 Å². The number of piperazine rings is 1. The van der Waals surface area contributed by atoms with E-state index in [0.717, 1.165) is 0 Å². The second kappa shape index (κ2) is 4.41. The first-order valence-electron chi connectivity index (χ1n) is 4.78. The zero-order chi connectivity index (χ0) is 10.7.